The number of likely N-dealkylation sites (tertiary alicyclic amines) is 1. The van der Waals surface area contributed by atoms with Crippen LogP contribution in [0.2, 0.25) is 0 Å². The van der Waals surface area contributed by atoms with E-state index in [0.717, 1.165) is 60.9 Å². The summed E-state index contributed by atoms with van der Waals surface area (Å²) in [5.74, 6) is 1.86. The second-order valence-corrected chi connectivity index (χ2v) is 6.88. The smallest absolute Gasteiger partial charge is 0.125 e. The lowest BCUT2D eigenvalue weighted by atomic mass is 9.90. The Bertz CT molecular complexity index is 861. The summed E-state index contributed by atoms with van der Waals surface area (Å²) in [5.41, 5.74) is 3.03. The quantitative estimate of drug-likeness (QED) is 0.691. The minimum absolute atomic E-state index is 0.231. The van der Waals surface area contributed by atoms with Crippen molar-refractivity contribution < 1.29 is 8.81 Å². The summed E-state index contributed by atoms with van der Waals surface area (Å²) in [4.78, 5) is 11.6. The van der Waals surface area contributed by atoms with Gasteiger partial charge in [-0.05, 0) is 56.1 Å². The van der Waals surface area contributed by atoms with Crippen molar-refractivity contribution in [2.45, 2.75) is 32.2 Å². The first-order valence-corrected chi connectivity index (χ1v) is 9.03. The monoisotopic (exact) mass is 351 g/mol. The molecule has 5 heteroatoms. The average Bonchev–Trinajstić information content (AvgIpc) is 3.16. The van der Waals surface area contributed by atoms with Crippen LogP contribution in [0, 0.1) is 12.7 Å². The summed E-state index contributed by atoms with van der Waals surface area (Å²) in [5, 5.41) is 0. The largest absolute Gasteiger partial charge is 0.468 e. The van der Waals surface area contributed by atoms with Crippen LogP contribution in [-0.2, 0) is 6.54 Å². The van der Waals surface area contributed by atoms with Gasteiger partial charge in [0, 0.05) is 24.2 Å². The van der Waals surface area contributed by atoms with Gasteiger partial charge in [0.2, 0.25) is 0 Å². The first-order valence-electron chi connectivity index (χ1n) is 9.03. The molecule has 26 heavy (non-hydrogen) atoms. The Morgan fingerprint density at radius 1 is 1.23 bits per heavy atom. The van der Waals surface area contributed by atoms with Crippen molar-refractivity contribution in [1.82, 2.24) is 14.9 Å². The lowest BCUT2D eigenvalue weighted by molar-refractivity contribution is 0.185. The third kappa shape index (κ3) is 3.68. The second kappa shape index (κ2) is 7.38. The van der Waals surface area contributed by atoms with E-state index < -0.39 is 0 Å². The first-order chi connectivity index (χ1) is 12.7. The highest BCUT2D eigenvalue weighted by Gasteiger charge is 2.26. The molecule has 1 atom stereocenters. The van der Waals surface area contributed by atoms with Crippen molar-refractivity contribution >= 4 is 0 Å². The lowest BCUT2D eigenvalue weighted by Crippen LogP contribution is -2.34. The lowest BCUT2D eigenvalue weighted by Gasteiger charge is -2.32. The highest BCUT2D eigenvalue weighted by Crippen LogP contribution is 2.33. The van der Waals surface area contributed by atoms with E-state index in [2.05, 4.69) is 9.88 Å². The van der Waals surface area contributed by atoms with Crippen LogP contribution in [0.5, 0.6) is 0 Å². The van der Waals surface area contributed by atoms with Crippen molar-refractivity contribution in [3.05, 3.63) is 72.0 Å². The number of furan rings is 1. The number of aromatic nitrogens is 2. The second-order valence-electron chi connectivity index (χ2n) is 6.88. The third-order valence-corrected chi connectivity index (χ3v) is 4.95. The highest BCUT2D eigenvalue weighted by atomic mass is 19.1. The van der Waals surface area contributed by atoms with Crippen LogP contribution in [-0.4, -0.2) is 28.0 Å². The molecule has 0 saturated carbocycles. The van der Waals surface area contributed by atoms with E-state index in [1.54, 1.807) is 18.4 Å². The fourth-order valence-corrected chi connectivity index (χ4v) is 3.70. The molecule has 3 aromatic rings. The Hall–Kier alpha value is -2.53. The molecule has 1 aliphatic heterocycles. The number of rotatable bonds is 4. The molecule has 1 aromatic carbocycles. The fourth-order valence-electron chi connectivity index (χ4n) is 3.70. The molecule has 0 N–H and O–H groups in total. The Labute approximate surface area is 152 Å². The van der Waals surface area contributed by atoms with Gasteiger partial charge in [0.15, 0.2) is 0 Å². The summed E-state index contributed by atoms with van der Waals surface area (Å²) in [6, 6.07) is 10.5. The van der Waals surface area contributed by atoms with Gasteiger partial charge >= 0.3 is 0 Å². The maximum Gasteiger partial charge on any atom is 0.125 e. The molecule has 1 saturated heterocycles. The van der Waals surface area contributed by atoms with Crippen LogP contribution in [0.3, 0.4) is 0 Å². The number of piperidine rings is 1. The molecule has 0 radical (unpaired) electrons. The predicted molar refractivity (Wildman–Crippen MR) is 98.1 cm³/mol. The predicted octanol–water partition coefficient (Wildman–Crippen LogP) is 4.56. The molecular formula is C21H22FN3O. The van der Waals surface area contributed by atoms with Gasteiger partial charge < -0.3 is 4.42 Å². The van der Waals surface area contributed by atoms with E-state index in [9.17, 15) is 4.39 Å². The number of aryl methyl sites for hydroxylation is 1. The molecule has 4 rings (SSSR count). The Morgan fingerprint density at radius 2 is 2.08 bits per heavy atom. The zero-order chi connectivity index (χ0) is 17.9. The maximum absolute atomic E-state index is 13.3. The molecule has 1 unspecified atom stereocenters. The highest BCUT2D eigenvalue weighted by molar-refractivity contribution is 5.65. The number of nitrogens with zero attached hydrogens (tertiary/aromatic N) is 3. The van der Waals surface area contributed by atoms with Crippen LogP contribution in [0.25, 0.3) is 11.1 Å². The summed E-state index contributed by atoms with van der Waals surface area (Å²) in [7, 11) is 0. The normalized spacial score (nSPS) is 18.2. The van der Waals surface area contributed by atoms with Gasteiger partial charge in [0.1, 0.15) is 17.4 Å². The van der Waals surface area contributed by atoms with Gasteiger partial charge in [-0.2, -0.15) is 0 Å². The minimum Gasteiger partial charge on any atom is -0.468 e. The van der Waals surface area contributed by atoms with Crippen molar-refractivity contribution in [2.24, 2.45) is 0 Å². The maximum atomic E-state index is 13.3. The zero-order valence-electron chi connectivity index (χ0n) is 14.9. The molecule has 3 heterocycles. The van der Waals surface area contributed by atoms with Crippen LogP contribution in [0.4, 0.5) is 4.39 Å². The van der Waals surface area contributed by atoms with Gasteiger partial charge in [-0.3, -0.25) is 4.90 Å². The summed E-state index contributed by atoms with van der Waals surface area (Å²) >= 11 is 0. The number of benzene rings is 1. The third-order valence-electron chi connectivity index (χ3n) is 4.95. The van der Waals surface area contributed by atoms with Gasteiger partial charge in [0.05, 0.1) is 18.5 Å². The van der Waals surface area contributed by atoms with E-state index in [-0.39, 0.29) is 5.82 Å². The van der Waals surface area contributed by atoms with E-state index in [1.807, 2.05) is 25.3 Å². The molecule has 1 fully saturated rings. The molecule has 4 nitrogen and oxygen atoms in total. The number of hydrogen-bond acceptors (Lipinski definition) is 4. The Morgan fingerprint density at radius 3 is 2.85 bits per heavy atom. The van der Waals surface area contributed by atoms with Gasteiger partial charge in [-0.25, -0.2) is 14.4 Å². The SMILES string of the molecule is Cc1ncc(-c2ccc(F)cc2)c(C2CCCN(Cc3ccco3)C2)n1. The van der Waals surface area contributed by atoms with E-state index in [0.29, 0.717) is 5.92 Å². The minimum atomic E-state index is -0.231. The summed E-state index contributed by atoms with van der Waals surface area (Å²) < 4.78 is 18.8. The molecule has 2 aromatic heterocycles. The topological polar surface area (TPSA) is 42.2 Å². The molecule has 0 spiro atoms. The molecule has 134 valence electrons. The van der Waals surface area contributed by atoms with Crippen molar-refractivity contribution in [1.29, 1.82) is 0 Å². The Kier molecular flexibility index (Phi) is 4.80. The number of hydrogen-bond donors (Lipinski definition) is 0. The van der Waals surface area contributed by atoms with E-state index in [4.69, 9.17) is 9.40 Å². The molecule has 1 aliphatic rings. The molecule has 0 aliphatic carbocycles. The zero-order valence-corrected chi connectivity index (χ0v) is 14.9. The van der Waals surface area contributed by atoms with Gasteiger partial charge in [-0.1, -0.05) is 12.1 Å². The van der Waals surface area contributed by atoms with Crippen LogP contribution in [0.1, 0.15) is 36.0 Å². The van der Waals surface area contributed by atoms with E-state index in [1.165, 1.54) is 12.1 Å². The first kappa shape index (κ1) is 16.9. The van der Waals surface area contributed by atoms with Gasteiger partial charge in [-0.15, -0.1) is 0 Å². The molecule has 0 bridgehead atoms. The van der Waals surface area contributed by atoms with Crippen LogP contribution >= 0.6 is 0 Å². The fraction of sp³-hybridized carbons (Fsp3) is 0.333. The van der Waals surface area contributed by atoms with Crippen molar-refractivity contribution in [3.63, 3.8) is 0 Å². The van der Waals surface area contributed by atoms with Crippen LogP contribution in [0.15, 0.2) is 53.3 Å². The average molecular weight is 351 g/mol. The standard InChI is InChI=1S/C21H22FN3O/c1-15-23-12-20(16-6-8-18(22)9-7-16)21(24-15)17-4-2-10-25(13-17)14-19-5-3-11-26-19/h3,5-9,11-12,17H,2,4,10,13-14H2,1H3. The van der Waals surface area contributed by atoms with Crippen molar-refractivity contribution in [2.75, 3.05) is 13.1 Å². The Balaban J connectivity index is 1.61. The van der Waals surface area contributed by atoms with E-state index >= 15 is 0 Å². The number of halogens is 1. The molecule has 0 amide bonds. The van der Waals surface area contributed by atoms with Gasteiger partial charge in [0.25, 0.3) is 0 Å². The van der Waals surface area contributed by atoms with Crippen molar-refractivity contribution in [3.8, 4) is 11.1 Å². The van der Waals surface area contributed by atoms with Crippen LogP contribution < -0.4 is 0 Å². The summed E-state index contributed by atoms with van der Waals surface area (Å²) in [6.07, 6.45) is 5.81. The summed E-state index contributed by atoms with van der Waals surface area (Å²) in [6.45, 7) is 4.74. The molecular weight excluding hydrogens is 329 g/mol.